The highest BCUT2D eigenvalue weighted by molar-refractivity contribution is 9.10. The molecule has 3 rings (SSSR count). The number of carbonyl (C=O) groups excluding carboxylic acids is 1. The molecule has 0 radical (unpaired) electrons. The number of nitrogens with zero attached hydrogens (tertiary/aromatic N) is 4. The van der Waals surface area contributed by atoms with Gasteiger partial charge in [0.15, 0.2) is 0 Å². The van der Waals surface area contributed by atoms with Crippen LogP contribution in [-0.4, -0.2) is 26.1 Å². The van der Waals surface area contributed by atoms with Gasteiger partial charge in [0.25, 0.3) is 0 Å². The fourth-order valence-corrected chi connectivity index (χ4v) is 3.19. The molecule has 6 nitrogen and oxygen atoms in total. The molecule has 0 aliphatic rings. The molecule has 140 valence electrons. The second kappa shape index (κ2) is 8.34. The quantitative estimate of drug-likeness (QED) is 0.645. The van der Waals surface area contributed by atoms with E-state index in [4.69, 9.17) is 0 Å². The van der Waals surface area contributed by atoms with Crippen molar-refractivity contribution in [1.82, 2.24) is 25.5 Å². The Morgan fingerprint density at radius 1 is 1.15 bits per heavy atom. The van der Waals surface area contributed by atoms with E-state index in [1.807, 2.05) is 0 Å². The van der Waals surface area contributed by atoms with Crippen molar-refractivity contribution in [2.24, 2.45) is 0 Å². The monoisotopic (exact) mass is 435 g/mol. The second-order valence-electron chi connectivity index (χ2n) is 6.01. The molecule has 1 amide bonds. The summed E-state index contributed by atoms with van der Waals surface area (Å²) in [5.41, 5.74) is 1.38. The minimum atomic E-state index is -0.720. The third-order valence-electron chi connectivity index (χ3n) is 3.99. The molecule has 27 heavy (non-hydrogen) atoms. The average molecular weight is 436 g/mol. The van der Waals surface area contributed by atoms with E-state index in [1.165, 1.54) is 28.9 Å². The van der Waals surface area contributed by atoms with Crippen LogP contribution in [0.3, 0.4) is 0 Å². The third kappa shape index (κ3) is 4.94. The van der Waals surface area contributed by atoms with Gasteiger partial charge >= 0.3 is 0 Å². The lowest BCUT2D eigenvalue weighted by Crippen LogP contribution is -2.34. The van der Waals surface area contributed by atoms with Gasteiger partial charge in [-0.3, -0.25) is 4.79 Å². The number of hydrogen-bond donors (Lipinski definition) is 1. The first-order chi connectivity index (χ1) is 12.9. The Morgan fingerprint density at radius 2 is 1.89 bits per heavy atom. The number of aryl methyl sites for hydroxylation is 1. The number of hydrogen-bond acceptors (Lipinski definition) is 4. The predicted octanol–water partition coefficient (Wildman–Crippen LogP) is 3.12. The number of nitrogens with one attached hydrogen (secondary N) is 1. The Kier molecular flexibility index (Phi) is 5.90. The van der Waals surface area contributed by atoms with E-state index in [1.54, 1.807) is 25.1 Å². The molecule has 1 aromatic heterocycles. The van der Waals surface area contributed by atoms with Gasteiger partial charge in [-0.2, -0.15) is 0 Å². The zero-order valence-electron chi connectivity index (χ0n) is 14.4. The average Bonchev–Trinajstić information content (AvgIpc) is 3.04. The molecule has 3 aromatic rings. The first-order valence-corrected chi connectivity index (χ1v) is 8.93. The van der Waals surface area contributed by atoms with Crippen molar-refractivity contribution in [3.8, 4) is 0 Å². The molecule has 1 heterocycles. The largest absolute Gasteiger partial charge is 0.350 e. The predicted molar refractivity (Wildman–Crippen MR) is 97.6 cm³/mol. The lowest BCUT2D eigenvalue weighted by molar-refractivity contribution is -0.124. The highest BCUT2D eigenvalue weighted by Crippen LogP contribution is 2.17. The number of aromatic nitrogens is 4. The Bertz CT molecular complexity index is 925. The molecule has 1 N–H and O–H groups in total. The molecule has 0 aliphatic heterocycles. The number of halogens is 3. The van der Waals surface area contributed by atoms with E-state index >= 15 is 0 Å². The minimum Gasteiger partial charge on any atom is -0.350 e. The van der Waals surface area contributed by atoms with Crippen LogP contribution in [0.5, 0.6) is 0 Å². The molecular weight excluding hydrogens is 420 g/mol. The van der Waals surface area contributed by atoms with Crippen LogP contribution in [-0.2, 0) is 17.8 Å². The number of rotatable bonds is 6. The highest BCUT2D eigenvalue weighted by atomic mass is 79.9. The van der Waals surface area contributed by atoms with Gasteiger partial charge < -0.3 is 5.32 Å². The second-order valence-corrected chi connectivity index (χ2v) is 6.93. The summed E-state index contributed by atoms with van der Waals surface area (Å²) in [7, 11) is 0. The molecule has 0 spiro atoms. The maximum Gasteiger partial charge on any atom is 0.245 e. The Balaban J connectivity index is 1.78. The van der Waals surface area contributed by atoms with Crippen molar-refractivity contribution in [3.05, 3.63) is 75.5 Å². The van der Waals surface area contributed by atoms with Crippen LogP contribution in [0.1, 0.15) is 23.0 Å². The van der Waals surface area contributed by atoms with E-state index in [2.05, 4.69) is 36.8 Å². The molecule has 0 aliphatic carbocycles. The normalized spacial score (nSPS) is 12.0. The maximum atomic E-state index is 13.5. The molecular formula is C18H16BrF2N5O. The smallest absolute Gasteiger partial charge is 0.245 e. The van der Waals surface area contributed by atoms with Crippen LogP contribution in [0.2, 0.25) is 0 Å². The number of amides is 1. The van der Waals surface area contributed by atoms with Gasteiger partial charge in [0.2, 0.25) is 5.91 Å². The van der Waals surface area contributed by atoms with Gasteiger partial charge in [0, 0.05) is 17.4 Å². The SMILES string of the molecule is Cc1nnnn1C(Cc1ccc(F)cc1)C(=O)NCc1cc(F)cc(Br)c1. The molecule has 9 heteroatoms. The van der Waals surface area contributed by atoms with Gasteiger partial charge in [-0.25, -0.2) is 13.5 Å². The van der Waals surface area contributed by atoms with Gasteiger partial charge in [-0.05, 0) is 58.8 Å². The van der Waals surface area contributed by atoms with Crippen molar-refractivity contribution in [2.75, 3.05) is 0 Å². The van der Waals surface area contributed by atoms with Crippen molar-refractivity contribution < 1.29 is 13.6 Å². The van der Waals surface area contributed by atoms with E-state index in [0.29, 0.717) is 15.9 Å². The molecule has 0 fully saturated rings. The summed E-state index contributed by atoms with van der Waals surface area (Å²) in [6.07, 6.45) is 0.283. The third-order valence-corrected chi connectivity index (χ3v) is 4.44. The molecule has 1 atom stereocenters. The summed E-state index contributed by atoms with van der Waals surface area (Å²) < 4.78 is 28.7. The van der Waals surface area contributed by atoms with Gasteiger partial charge in [0.05, 0.1) is 0 Å². The zero-order chi connectivity index (χ0) is 19.4. The van der Waals surface area contributed by atoms with Crippen LogP contribution in [0.15, 0.2) is 46.9 Å². The number of benzene rings is 2. The molecule has 2 aromatic carbocycles. The standard InChI is InChI=1S/C18H16BrF2N5O/c1-11-23-24-25-26(11)17(8-12-2-4-15(20)5-3-12)18(27)22-10-13-6-14(19)9-16(21)7-13/h2-7,9,17H,8,10H2,1H3,(H,22,27). The summed E-state index contributed by atoms with van der Waals surface area (Å²) in [5, 5.41) is 14.1. The van der Waals surface area contributed by atoms with Crippen molar-refractivity contribution in [3.63, 3.8) is 0 Å². The number of tetrazole rings is 1. The van der Waals surface area contributed by atoms with Crippen molar-refractivity contribution in [2.45, 2.75) is 25.9 Å². The van der Waals surface area contributed by atoms with Gasteiger partial charge in [-0.15, -0.1) is 5.10 Å². The van der Waals surface area contributed by atoms with E-state index in [0.717, 1.165) is 5.56 Å². The summed E-state index contributed by atoms with van der Waals surface area (Å²) in [4.78, 5) is 12.8. The highest BCUT2D eigenvalue weighted by Gasteiger charge is 2.24. The van der Waals surface area contributed by atoms with E-state index in [-0.39, 0.29) is 24.7 Å². The Morgan fingerprint density at radius 3 is 2.52 bits per heavy atom. The minimum absolute atomic E-state index is 0.149. The van der Waals surface area contributed by atoms with Crippen LogP contribution < -0.4 is 5.32 Å². The van der Waals surface area contributed by atoms with Crippen LogP contribution in [0.4, 0.5) is 8.78 Å². The van der Waals surface area contributed by atoms with E-state index in [9.17, 15) is 13.6 Å². The van der Waals surface area contributed by atoms with Crippen molar-refractivity contribution in [1.29, 1.82) is 0 Å². The lowest BCUT2D eigenvalue weighted by atomic mass is 10.0. The van der Waals surface area contributed by atoms with Crippen LogP contribution in [0.25, 0.3) is 0 Å². The maximum absolute atomic E-state index is 13.5. The van der Waals surface area contributed by atoms with Crippen LogP contribution in [0, 0.1) is 18.6 Å². The lowest BCUT2D eigenvalue weighted by Gasteiger charge is -2.18. The van der Waals surface area contributed by atoms with Crippen LogP contribution >= 0.6 is 15.9 Å². The van der Waals surface area contributed by atoms with Gasteiger partial charge in [-0.1, -0.05) is 28.1 Å². The van der Waals surface area contributed by atoms with Gasteiger partial charge in [0.1, 0.15) is 23.5 Å². The van der Waals surface area contributed by atoms with Crippen molar-refractivity contribution >= 4 is 21.8 Å². The summed E-state index contributed by atoms with van der Waals surface area (Å²) in [5.74, 6) is -0.594. The topological polar surface area (TPSA) is 72.7 Å². The summed E-state index contributed by atoms with van der Waals surface area (Å²) in [6.45, 7) is 1.84. The Hall–Kier alpha value is -2.68. The molecule has 0 bridgehead atoms. The summed E-state index contributed by atoms with van der Waals surface area (Å²) in [6, 6.07) is 9.58. The zero-order valence-corrected chi connectivity index (χ0v) is 16.0. The fourth-order valence-electron chi connectivity index (χ4n) is 2.68. The van der Waals surface area contributed by atoms with E-state index < -0.39 is 11.9 Å². The first-order valence-electron chi connectivity index (χ1n) is 8.14. The summed E-state index contributed by atoms with van der Waals surface area (Å²) >= 11 is 3.23. The number of carbonyl (C=O) groups is 1. The Labute approximate surface area is 162 Å². The molecule has 0 saturated heterocycles. The molecule has 0 saturated carbocycles. The fraction of sp³-hybridized carbons (Fsp3) is 0.222. The molecule has 1 unspecified atom stereocenters. The first kappa shape index (κ1) is 19.1.